The minimum Gasteiger partial charge on any atom is -0.366 e. The Morgan fingerprint density at radius 1 is 0.500 bits per heavy atom. The summed E-state index contributed by atoms with van der Waals surface area (Å²) in [5.74, 6) is -0.643. The van der Waals surface area contributed by atoms with Crippen LogP contribution in [-0.4, -0.2) is 11.8 Å². The standard InChI is InChI=1S/C32H24N2O2/c33-31(35)30-28(23-11-4-1-5-12-23)17-10-18-29(30)24-19-21-25(22-20-24)32(36)34(26-13-6-2-7-14-26)27-15-8-3-9-16-27/h1-22H,(H2,33,35). The van der Waals surface area contributed by atoms with Crippen molar-refractivity contribution in [3.63, 3.8) is 0 Å². The van der Waals surface area contributed by atoms with E-state index in [4.69, 9.17) is 5.73 Å². The van der Waals surface area contributed by atoms with Gasteiger partial charge in [-0.25, -0.2) is 0 Å². The molecule has 0 saturated heterocycles. The van der Waals surface area contributed by atoms with Gasteiger partial charge in [0.05, 0.1) is 5.56 Å². The van der Waals surface area contributed by atoms with E-state index in [1.54, 1.807) is 17.0 Å². The smallest absolute Gasteiger partial charge is 0.262 e. The number of para-hydroxylation sites is 2. The maximum absolute atomic E-state index is 13.7. The molecule has 5 aromatic carbocycles. The van der Waals surface area contributed by atoms with Gasteiger partial charge in [0.2, 0.25) is 5.91 Å². The Labute approximate surface area is 210 Å². The van der Waals surface area contributed by atoms with Crippen molar-refractivity contribution in [3.8, 4) is 22.3 Å². The molecule has 0 unspecified atom stereocenters. The van der Waals surface area contributed by atoms with Crippen LogP contribution in [0.3, 0.4) is 0 Å². The lowest BCUT2D eigenvalue weighted by Crippen LogP contribution is -2.25. The third-order valence-electron chi connectivity index (χ3n) is 6.07. The lowest BCUT2D eigenvalue weighted by Gasteiger charge is -2.23. The zero-order chi connectivity index (χ0) is 24.9. The van der Waals surface area contributed by atoms with Crippen LogP contribution in [-0.2, 0) is 0 Å². The van der Waals surface area contributed by atoms with E-state index in [-0.39, 0.29) is 5.91 Å². The SMILES string of the molecule is NC(=O)c1c(-c2ccccc2)cccc1-c1ccc(C(=O)N(c2ccccc2)c2ccccc2)cc1. The van der Waals surface area contributed by atoms with Crippen molar-refractivity contribution < 1.29 is 9.59 Å². The highest BCUT2D eigenvalue weighted by atomic mass is 16.2. The van der Waals surface area contributed by atoms with Crippen molar-refractivity contribution in [1.29, 1.82) is 0 Å². The zero-order valence-corrected chi connectivity index (χ0v) is 19.5. The molecule has 0 heterocycles. The molecule has 0 spiro atoms. The van der Waals surface area contributed by atoms with Gasteiger partial charge >= 0.3 is 0 Å². The van der Waals surface area contributed by atoms with Crippen LogP contribution in [0.15, 0.2) is 133 Å². The van der Waals surface area contributed by atoms with Crippen molar-refractivity contribution in [2.75, 3.05) is 4.90 Å². The van der Waals surface area contributed by atoms with E-state index < -0.39 is 5.91 Å². The van der Waals surface area contributed by atoms with Crippen LogP contribution in [0, 0.1) is 0 Å². The van der Waals surface area contributed by atoms with Crippen LogP contribution < -0.4 is 10.6 Å². The molecule has 0 saturated carbocycles. The highest BCUT2D eigenvalue weighted by molar-refractivity contribution is 6.11. The van der Waals surface area contributed by atoms with Crippen molar-refractivity contribution >= 4 is 23.2 Å². The van der Waals surface area contributed by atoms with Crippen LogP contribution in [0.4, 0.5) is 11.4 Å². The third kappa shape index (κ3) is 4.52. The minimum atomic E-state index is -0.496. The second kappa shape index (κ2) is 10.1. The number of nitrogens with two attached hydrogens (primary N) is 1. The Kier molecular flexibility index (Phi) is 6.41. The second-order valence-electron chi connectivity index (χ2n) is 8.35. The summed E-state index contributed by atoms with van der Waals surface area (Å²) in [5.41, 5.74) is 11.6. The van der Waals surface area contributed by atoms with Gasteiger partial charge in [-0.1, -0.05) is 97.1 Å². The van der Waals surface area contributed by atoms with E-state index in [1.165, 1.54) is 0 Å². The monoisotopic (exact) mass is 468 g/mol. The summed E-state index contributed by atoms with van der Waals surface area (Å²) < 4.78 is 0. The summed E-state index contributed by atoms with van der Waals surface area (Å²) in [5, 5.41) is 0. The fraction of sp³-hybridized carbons (Fsp3) is 0. The number of carbonyl (C=O) groups excluding carboxylic acids is 2. The molecule has 174 valence electrons. The van der Waals surface area contributed by atoms with Gasteiger partial charge in [0, 0.05) is 16.9 Å². The van der Waals surface area contributed by atoms with Gasteiger partial charge in [-0.3, -0.25) is 14.5 Å². The van der Waals surface area contributed by atoms with Gasteiger partial charge in [-0.2, -0.15) is 0 Å². The average molecular weight is 469 g/mol. The maximum atomic E-state index is 13.7. The molecule has 5 aromatic rings. The van der Waals surface area contributed by atoms with Crippen LogP contribution >= 0.6 is 0 Å². The Hall–Kier alpha value is -4.96. The molecule has 0 bridgehead atoms. The number of rotatable bonds is 6. The summed E-state index contributed by atoms with van der Waals surface area (Å²) >= 11 is 0. The van der Waals surface area contributed by atoms with Crippen LogP contribution in [0.1, 0.15) is 20.7 Å². The molecule has 4 nitrogen and oxygen atoms in total. The Balaban J connectivity index is 1.54. The molecule has 0 aliphatic heterocycles. The van der Waals surface area contributed by atoms with E-state index in [9.17, 15) is 9.59 Å². The first kappa shape index (κ1) is 22.8. The lowest BCUT2D eigenvalue weighted by atomic mass is 9.91. The van der Waals surface area contributed by atoms with Gasteiger partial charge in [0.1, 0.15) is 0 Å². The molecule has 0 fully saturated rings. The molecule has 0 radical (unpaired) electrons. The molecule has 2 amide bonds. The van der Waals surface area contributed by atoms with E-state index >= 15 is 0 Å². The summed E-state index contributed by atoms with van der Waals surface area (Å²) in [6.07, 6.45) is 0. The fourth-order valence-corrected chi connectivity index (χ4v) is 4.38. The molecular formula is C32H24N2O2. The number of primary amides is 1. The second-order valence-corrected chi connectivity index (χ2v) is 8.35. The molecule has 5 rings (SSSR count). The van der Waals surface area contributed by atoms with Crippen LogP contribution in [0.25, 0.3) is 22.3 Å². The number of carbonyl (C=O) groups is 2. The molecule has 2 N–H and O–H groups in total. The van der Waals surface area contributed by atoms with Crippen LogP contribution in [0.5, 0.6) is 0 Å². The maximum Gasteiger partial charge on any atom is 0.262 e. The predicted octanol–water partition coefficient (Wildman–Crippen LogP) is 7.10. The quantitative estimate of drug-likeness (QED) is 0.289. The number of hydrogen-bond acceptors (Lipinski definition) is 2. The van der Waals surface area contributed by atoms with E-state index in [2.05, 4.69) is 0 Å². The number of anilines is 2. The summed E-state index contributed by atoms with van der Waals surface area (Å²) in [6.45, 7) is 0. The lowest BCUT2D eigenvalue weighted by molar-refractivity contribution is 0.0992. The molecule has 0 atom stereocenters. The van der Waals surface area contributed by atoms with Crippen molar-refractivity contribution in [3.05, 3.63) is 145 Å². The Morgan fingerprint density at radius 3 is 1.42 bits per heavy atom. The topological polar surface area (TPSA) is 63.4 Å². The van der Waals surface area contributed by atoms with Gasteiger partial charge < -0.3 is 5.73 Å². The van der Waals surface area contributed by atoms with E-state index in [0.717, 1.165) is 33.6 Å². The fourth-order valence-electron chi connectivity index (χ4n) is 4.38. The predicted molar refractivity (Wildman–Crippen MR) is 145 cm³/mol. The molecular weight excluding hydrogens is 444 g/mol. The Bertz CT molecular complexity index is 1460. The summed E-state index contributed by atoms with van der Waals surface area (Å²) in [6, 6.07) is 41.8. The molecule has 0 aliphatic rings. The normalized spacial score (nSPS) is 10.6. The van der Waals surface area contributed by atoms with Gasteiger partial charge in [-0.05, 0) is 58.7 Å². The van der Waals surface area contributed by atoms with Crippen molar-refractivity contribution in [2.24, 2.45) is 5.73 Å². The zero-order valence-electron chi connectivity index (χ0n) is 19.5. The Morgan fingerprint density at radius 2 is 0.944 bits per heavy atom. The van der Waals surface area contributed by atoms with Crippen molar-refractivity contribution in [1.82, 2.24) is 0 Å². The number of amides is 2. The highest BCUT2D eigenvalue weighted by Gasteiger charge is 2.21. The van der Waals surface area contributed by atoms with Gasteiger partial charge in [0.25, 0.3) is 5.91 Å². The largest absolute Gasteiger partial charge is 0.366 e. The molecule has 36 heavy (non-hydrogen) atoms. The van der Waals surface area contributed by atoms with Gasteiger partial charge in [0.15, 0.2) is 0 Å². The third-order valence-corrected chi connectivity index (χ3v) is 6.07. The number of nitrogens with zero attached hydrogens (tertiary/aromatic N) is 1. The van der Waals surface area contributed by atoms with E-state index in [1.807, 2.05) is 121 Å². The average Bonchev–Trinajstić information content (AvgIpc) is 2.94. The first-order valence-electron chi connectivity index (χ1n) is 11.7. The number of benzene rings is 5. The first-order valence-corrected chi connectivity index (χ1v) is 11.7. The molecule has 0 aliphatic carbocycles. The molecule has 4 heteroatoms. The molecule has 0 aromatic heterocycles. The van der Waals surface area contributed by atoms with Crippen molar-refractivity contribution in [2.45, 2.75) is 0 Å². The van der Waals surface area contributed by atoms with Gasteiger partial charge in [-0.15, -0.1) is 0 Å². The summed E-state index contributed by atoms with van der Waals surface area (Å²) in [7, 11) is 0. The minimum absolute atomic E-state index is 0.146. The van der Waals surface area contributed by atoms with Crippen LogP contribution in [0.2, 0.25) is 0 Å². The highest BCUT2D eigenvalue weighted by Crippen LogP contribution is 2.33. The number of hydrogen-bond donors (Lipinski definition) is 1. The summed E-state index contributed by atoms with van der Waals surface area (Å²) in [4.78, 5) is 27.9. The van der Waals surface area contributed by atoms with E-state index in [0.29, 0.717) is 11.1 Å². The first-order chi connectivity index (χ1) is 17.6.